The Labute approximate surface area is 130 Å². The van der Waals surface area contributed by atoms with Gasteiger partial charge in [-0.2, -0.15) is 18.2 Å². The first-order chi connectivity index (χ1) is 10.9. The number of rotatable bonds is 5. The summed E-state index contributed by atoms with van der Waals surface area (Å²) in [5, 5.41) is 5.68. The fraction of sp³-hybridized carbons (Fsp3) is 0.333. The number of aromatic nitrogens is 2. The standard InChI is InChI=1S/C15H14F4N4/c16-10-3-1-9(2-4-10)8-20-13-7-12(15(17,18)19)22-14(23-13)21-11-5-6-11/h1-4,7,11H,5-6,8H2,(H2,20,21,22,23). The molecule has 23 heavy (non-hydrogen) atoms. The second-order valence-corrected chi connectivity index (χ2v) is 5.36. The first kappa shape index (κ1) is 15.5. The molecule has 1 aromatic carbocycles. The van der Waals surface area contributed by atoms with E-state index in [1.807, 2.05) is 0 Å². The Morgan fingerprint density at radius 2 is 1.78 bits per heavy atom. The molecule has 0 amide bonds. The van der Waals surface area contributed by atoms with Crippen molar-refractivity contribution in [2.45, 2.75) is 31.6 Å². The van der Waals surface area contributed by atoms with E-state index in [0.29, 0.717) is 0 Å². The van der Waals surface area contributed by atoms with Crippen LogP contribution >= 0.6 is 0 Å². The molecule has 0 aliphatic heterocycles. The van der Waals surface area contributed by atoms with Gasteiger partial charge < -0.3 is 10.6 Å². The van der Waals surface area contributed by atoms with Gasteiger partial charge in [-0.1, -0.05) is 12.1 Å². The second-order valence-electron chi connectivity index (χ2n) is 5.36. The topological polar surface area (TPSA) is 49.8 Å². The summed E-state index contributed by atoms with van der Waals surface area (Å²) in [6.07, 6.45) is -2.74. The molecule has 1 aliphatic carbocycles. The third-order valence-corrected chi connectivity index (χ3v) is 3.31. The highest BCUT2D eigenvalue weighted by atomic mass is 19.4. The molecule has 0 spiro atoms. The molecule has 3 rings (SSSR count). The van der Waals surface area contributed by atoms with E-state index in [1.54, 1.807) is 12.1 Å². The quantitative estimate of drug-likeness (QED) is 0.820. The third-order valence-electron chi connectivity index (χ3n) is 3.31. The molecule has 0 atom stereocenters. The third kappa shape index (κ3) is 4.30. The Hall–Kier alpha value is -2.38. The summed E-state index contributed by atoms with van der Waals surface area (Å²) in [4.78, 5) is 7.57. The number of nitrogens with one attached hydrogen (secondary N) is 2. The van der Waals surface area contributed by atoms with Crippen molar-refractivity contribution in [3.05, 3.63) is 47.4 Å². The first-order valence-electron chi connectivity index (χ1n) is 7.11. The summed E-state index contributed by atoms with van der Waals surface area (Å²) >= 11 is 0. The Kier molecular flexibility index (Phi) is 4.06. The van der Waals surface area contributed by atoms with Crippen LogP contribution in [0.15, 0.2) is 30.3 Å². The summed E-state index contributed by atoms with van der Waals surface area (Å²) in [5.74, 6) is -0.338. The average molecular weight is 326 g/mol. The van der Waals surface area contributed by atoms with Crippen LogP contribution in [-0.2, 0) is 12.7 Å². The monoisotopic (exact) mass is 326 g/mol. The first-order valence-corrected chi connectivity index (χ1v) is 7.11. The number of anilines is 2. The molecule has 0 bridgehead atoms. The van der Waals surface area contributed by atoms with Gasteiger partial charge in [0.2, 0.25) is 5.95 Å². The minimum absolute atomic E-state index is 0.0380. The molecule has 1 aliphatic rings. The summed E-state index contributed by atoms with van der Waals surface area (Å²) < 4.78 is 51.6. The van der Waals surface area contributed by atoms with Crippen LogP contribution in [0.4, 0.5) is 29.3 Å². The maximum Gasteiger partial charge on any atom is 0.433 e. The van der Waals surface area contributed by atoms with Crippen LogP contribution in [0.25, 0.3) is 0 Å². The van der Waals surface area contributed by atoms with Crippen molar-refractivity contribution in [1.29, 1.82) is 0 Å². The molecule has 1 fully saturated rings. The summed E-state index contributed by atoms with van der Waals surface area (Å²) in [7, 11) is 0. The maximum atomic E-state index is 12.9. The van der Waals surface area contributed by atoms with Crippen molar-refractivity contribution in [2.24, 2.45) is 0 Å². The molecular weight excluding hydrogens is 312 g/mol. The number of hydrogen-bond acceptors (Lipinski definition) is 4. The minimum Gasteiger partial charge on any atom is -0.366 e. The number of benzene rings is 1. The van der Waals surface area contributed by atoms with Crippen LogP contribution in [-0.4, -0.2) is 16.0 Å². The number of hydrogen-bond donors (Lipinski definition) is 2. The molecule has 2 N–H and O–H groups in total. The van der Waals surface area contributed by atoms with Gasteiger partial charge in [0, 0.05) is 18.7 Å². The molecule has 4 nitrogen and oxygen atoms in total. The van der Waals surface area contributed by atoms with Gasteiger partial charge >= 0.3 is 6.18 Å². The summed E-state index contributed by atoms with van der Waals surface area (Å²) in [5.41, 5.74) is -0.271. The molecule has 0 radical (unpaired) electrons. The molecule has 1 heterocycles. The van der Waals surface area contributed by atoms with Gasteiger partial charge in [-0.25, -0.2) is 9.37 Å². The van der Waals surface area contributed by atoms with Gasteiger partial charge in [-0.15, -0.1) is 0 Å². The fourth-order valence-electron chi connectivity index (χ4n) is 1.95. The van der Waals surface area contributed by atoms with Crippen LogP contribution in [0.1, 0.15) is 24.1 Å². The van der Waals surface area contributed by atoms with E-state index in [-0.39, 0.29) is 30.2 Å². The number of halogens is 4. The highest BCUT2D eigenvalue weighted by Crippen LogP contribution is 2.31. The van der Waals surface area contributed by atoms with Gasteiger partial charge in [0.05, 0.1) is 0 Å². The molecule has 8 heteroatoms. The lowest BCUT2D eigenvalue weighted by molar-refractivity contribution is -0.141. The summed E-state index contributed by atoms with van der Waals surface area (Å²) in [6, 6.07) is 6.69. The Morgan fingerprint density at radius 1 is 1.09 bits per heavy atom. The van der Waals surface area contributed by atoms with E-state index < -0.39 is 11.9 Å². The predicted octanol–water partition coefficient (Wildman–Crippen LogP) is 3.82. The molecule has 1 aromatic heterocycles. The molecule has 122 valence electrons. The van der Waals surface area contributed by atoms with Crippen LogP contribution < -0.4 is 10.6 Å². The lowest BCUT2D eigenvalue weighted by Crippen LogP contribution is -2.15. The highest BCUT2D eigenvalue weighted by molar-refractivity contribution is 5.44. The normalized spacial score (nSPS) is 14.6. The van der Waals surface area contributed by atoms with Crippen molar-refractivity contribution in [3.8, 4) is 0 Å². The number of alkyl halides is 3. The largest absolute Gasteiger partial charge is 0.433 e. The van der Waals surface area contributed by atoms with Gasteiger partial charge in [0.1, 0.15) is 11.6 Å². The Bertz CT molecular complexity index is 681. The van der Waals surface area contributed by atoms with E-state index in [0.717, 1.165) is 24.5 Å². The van der Waals surface area contributed by atoms with Crippen LogP contribution in [0.2, 0.25) is 0 Å². The second kappa shape index (κ2) is 6.02. The highest BCUT2D eigenvalue weighted by Gasteiger charge is 2.34. The van der Waals surface area contributed by atoms with Crippen LogP contribution in [0.5, 0.6) is 0 Å². The zero-order chi connectivity index (χ0) is 16.4. The van der Waals surface area contributed by atoms with Gasteiger partial charge in [-0.05, 0) is 30.5 Å². The van der Waals surface area contributed by atoms with E-state index in [1.165, 1.54) is 12.1 Å². The predicted molar refractivity (Wildman–Crippen MR) is 77.4 cm³/mol. The van der Waals surface area contributed by atoms with E-state index in [2.05, 4.69) is 20.6 Å². The van der Waals surface area contributed by atoms with Gasteiger partial charge in [-0.3, -0.25) is 0 Å². The Balaban J connectivity index is 1.77. The smallest absolute Gasteiger partial charge is 0.366 e. The lowest BCUT2D eigenvalue weighted by atomic mass is 10.2. The van der Waals surface area contributed by atoms with Crippen molar-refractivity contribution in [1.82, 2.24) is 9.97 Å². The van der Waals surface area contributed by atoms with Crippen molar-refractivity contribution in [2.75, 3.05) is 10.6 Å². The summed E-state index contributed by atoms with van der Waals surface area (Å²) in [6.45, 7) is 0.234. The van der Waals surface area contributed by atoms with E-state index in [9.17, 15) is 17.6 Å². The zero-order valence-corrected chi connectivity index (χ0v) is 12.0. The van der Waals surface area contributed by atoms with Crippen molar-refractivity contribution < 1.29 is 17.6 Å². The Morgan fingerprint density at radius 3 is 2.39 bits per heavy atom. The maximum absolute atomic E-state index is 12.9. The molecule has 2 aromatic rings. The average Bonchev–Trinajstić information content (AvgIpc) is 3.29. The van der Waals surface area contributed by atoms with Gasteiger partial charge in [0.15, 0.2) is 5.69 Å². The molecular formula is C15H14F4N4. The minimum atomic E-state index is -4.55. The van der Waals surface area contributed by atoms with E-state index >= 15 is 0 Å². The molecule has 0 saturated heterocycles. The number of nitrogens with zero attached hydrogens (tertiary/aromatic N) is 2. The van der Waals surface area contributed by atoms with E-state index in [4.69, 9.17) is 0 Å². The molecule has 1 saturated carbocycles. The van der Waals surface area contributed by atoms with Crippen molar-refractivity contribution >= 4 is 11.8 Å². The van der Waals surface area contributed by atoms with Crippen LogP contribution in [0, 0.1) is 5.82 Å². The van der Waals surface area contributed by atoms with Gasteiger partial charge in [0.25, 0.3) is 0 Å². The SMILES string of the molecule is Fc1ccc(CNc2cc(C(F)(F)F)nc(NC3CC3)n2)cc1. The molecule has 0 unspecified atom stereocenters. The lowest BCUT2D eigenvalue weighted by Gasteiger charge is -2.12. The van der Waals surface area contributed by atoms with Crippen molar-refractivity contribution in [3.63, 3.8) is 0 Å². The van der Waals surface area contributed by atoms with Crippen LogP contribution in [0.3, 0.4) is 0 Å². The fourth-order valence-corrected chi connectivity index (χ4v) is 1.95. The zero-order valence-electron chi connectivity index (χ0n) is 12.0.